The summed E-state index contributed by atoms with van der Waals surface area (Å²) in [6.45, 7) is 0. The van der Waals surface area contributed by atoms with Gasteiger partial charge in [-0.2, -0.15) is 9.78 Å². The van der Waals surface area contributed by atoms with Crippen molar-refractivity contribution in [2.45, 2.75) is 12.5 Å². The Morgan fingerprint density at radius 2 is 1.82 bits per heavy atom. The molecule has 12 nitrogen and oxygen atoms in total. The minimum Gasteiger partial charge on any atom is -0.453 e. The van der Waals surface area contributed by atoms with E-state index in [1.807, 2.05) is 30.3 Å². The number of methoxy groups -OCH3 is 1. The molecular formula is C31H27ClN8O4. The molecule has 0 saturated carbocycles. The largest absolute Gasteiger partial charge is 0.453 e. The van der Waals surface area contributed by atoms with Crippen molar-refractivity contribution in [3.63, 3.8) is 0 Å². The van der Waals surface area contributed by atoms with Crippen molar-refractivity contribution >= 4 is 35.4 Å². The number of anilines is 1. The zero-order valence-corrected chi connectivity index (χ0v) is 24.5. The summed E-state index contributed by atoms with van der Waals surface area (Å²) in [4.78, 5) is 38.0. The minimum atomic E-state index is -0.601. The maximum Gasteiger partial charge on any atom is 0.411 e. The third kappa shape index (κ3) is 7.23. The van der Waals surface area contributed by atoms with Crippen molar-refractivity contribution < 1.29 is 14.3 Å². The fourth-order valence-corrected chi connectivity index (χ4v) is 4.69. The van der Waals surface area contributed by atoms with Gasteiger partial charge in [0, 0.05) is 29.4 Å². The van der Waals surface area contributed by atoms with Crippen LogP contribution in [-0.2, 0) is 23.0 Å². The maximum absolute atomic E-state index is 13.3. The number of nitrogens with one attached hydrogen (secondary N) is 2. The van der Waals surface area contributed by atoms with E-state index < -0.39 is 12.1 Å². The summed E-state index contributed by atoms with van der Waals surface area (Å²) in [6, 6.07) is 22.7. The zero-order valence-electron chi connectivity index (χ0n) is 23.7. The van der Waals surface area contributed by atoms with E-state index in [0.717, 1.165) is 5.56 Å². The Kier molecular flexibility index (Phi) is 9.21. The summed E-state index contributed by atoms with van der Waals surface area (Å²) in [5.41, 5.74) is 3.92. The molecule has 1 atom stereocenters. The minimum absolute atomic E-state index is 0.316. The summed E-state index contributed by atoms with van der Waals surface area (Å²) in [5, 5.41) is 21.9. The van der Waals surface area contributed by atoms with Crippen molar-refractivity contribution in [1.82, 2.24) is 35.3 Å². The maximum atomic E-state index is 13.3. The number of tetrazole rings is 1. The first kappa shape index (κ1) is 29.9. The number of aryl methyl sites for hydroxylation is 1. The van der Waals surface area contributed by atoms with E-state index in [9.17, 15) is 14.4 Å². The van der Waals surface area contributed by atoms with Gasteiger partial charge in [-0.3, -0.25) is 14.9 Å². The number of carbonyl (C=O) groups is 2. The average molecular weight is 611 g/mol. The van der Waals surface area contributed by atoms with Crippen molar-refractivity contribution in [2.24, 2.45) is 7.05 Å². The second kappa shape index (κ2) is 13.6. The van der Waals surface area contributed by atoms with Crippen LogP contribution in [0, 0.1) is 0 Å². The molecule has 0 aliphatic heterocycles. The van der Waals surface area contributed by atoms with Crippen LogP contribution in [0.15, 0.2) is 96.1 Å². The molecule has 44 heavy (non-hydrogen) atoms. The highest BCUT2D eigenvalue weighted by molar-refractivity contribution is 6.30. The van der Waals surface area contributed by atoms with Crippen LogP contribution in [0.1, 0.15) is 22.9 Å². The Bertz CT molecular complexity index is 1860. The van der Waals surface area contributed by atoms with Crippen LogP contribution < -0.4 is 16.2 Å². The van der Waals surface area contributed by atoms with Gasteiger partial charge in [-0.05, 0) is 70.4 Å². The molecule has 5 aromatic rings. The average Bonchev–Trinajstić information content (AvgIpc) is 3.57. The van der Waals surface area contributed by atoms with Crippen LogP contribution in [-0.4, -0.2) is 49.1 Å². The standard InChI is InChI=1S/C31H27ClN8O4/c1-39-30(42)25(21-8-12-24(13-9-21)34-31(43)44-2)18-27(36-39)26(16-20-6-4-3-5-7-20)35-29(41)15-10-22-17-23(32)11-14-28(22)40-19-33-37-38-40/h3-15,17-19,26H,16H2,1-2H3,(H,34,43)(H,35,41). The van der Waals surface area contributed by atoms with Crippen molar-refractivity contribution in [3.8, 4) is 16.8 Å². The van der Waals surface area contributed by atoms with E-state index in [2.05, 4.69) is 36.0 Å². The van der Waals surface area contributed by atoms with Gasteiger partial charge in [0.25, 0.3) is 5.56 Å². The van der Waals surface area contributed by atoms with E-state index in [-0.39, 0.29) is 11.5 Å². The zero-order chi connectivity index (χ0) is 31.1. The third-order valence-corrected chi connectivity index (χ3v) is 6.90. The Balaban J connectivity index is 1.46. The number of nitrogens with zero attached hydrogens (tertiary/aromatic N) is 6. The van der Waals surface area contributed by atoms with Gasteiger partial charge in [-0.15, -0.1) is 5.10 Å². The first-order chi connectivity index (χ1) is 21.3. The van der Waals surface area contributed by atoms with Gasteiger partial charge < -0.3 is 10.1 Å². The van der Waals surface area contributed by atoms with Gasteiger partial charge in [0.15, 0.2) is 0 Å². The van der Waals surface area contributed by atoms with Crippen LogP contribution in [0.25, 0.3) is 22.9 Å². The second-order valence-electron chi connectivity index (χ2n) is 9.65. The molecule has 0 aliphatic carbocycles. The normalized spacial score (nSPS) is 11.7. The molecule has 5 rings (SSSR count). The second-order valence-corrected chi connectivity index (χ2v) is 10.1. The lowest BCUT2D eigenvalue weighted by molar-refractivity contribution is -0.117. The molecular weight excluding hydrogens is 584 g/mol. The number of amides is 2. The number of carbonyl (C=O) groups excluding carboxylic acids is 2. The van der Waals surface area contributed by atoms with Gasteiger partial charge in [0.2, 0.25) is 5.91 Å². The lowest BCUT2D eigenvalue weighted by Gasteiger charge is -2.19. The first-order valence-electron chi connectivity index (χ1n) is 13.4. The molecule has 2 amide bonds. The molecule has 1 unspecified atom stereocenters. The van der Waals surface area contributed by atoms with E-state index in [1.54, 1.807) is 61.7 Å². The van der Waals surface area contributed by atoms with Gasteiger partial charge in [0.05, 0.1) is 30.1 Å². The van der Waals surface area contributed by atoms with Crippen molar-refractivity contribution in [1.29, 1.82) is 0 Å². The molecule has 0 fully saturated rings. The van der Waals surface area contributed by atoms with Crippen LogP contribution in [0.5, 0.6) is 0 Å². The Hall–Kier alpha value is -5.62. The number of hydrogen-bond donors (Lipinski definition) is 2. The highest BCUT2D eigenvalue weighted by atomic mass is 35.5. The van der Waals surface area contributed by atoms with Crippen LogP contribution in [0.4, 0.5) is 10.5 Å². The molecule has 2 N–H and O–H groups in total. The Morgan fingerprint density at radius 1 is 1.05 bits per heavy atom. The van der Waals surface area contributed by atoms with Crippen LogP contribution in [0.3, 0.4) is 0 Å². The quantitative estimate of drug-likeness (QED) is 0.234. The van der Waals surface area contributed by atoms with Crippen LogP contribution in [0.2, 0.25) is 5.02 Å². The van der Waals surface area contributed by atoms with E-state index >= 15 is 0 Å². The fourth-order valence-electron chi connectivity index (χ4n) is 4.51. The van der Waals surface area contributed by atoms with Crippen molar-refractivity contribution in [2.75, 3.05) is 12.4 Å². The fraction of sp³-hybridized carbons (Fsp3) is 0.129. The first-order valence-corrected chi connectivity index (χ1v) is 13.8. The number of rotatable bonds is 9. The van der Waals surface area contributed by atoms with Gasteiger partial charge >= 0.3 is 6.09 Å². The summed E-state index contributed by atoms with van der Waals surface area (Å²) in [6.07, 6.45) is 4.28. The summed E-state index contributed by atoms with van der Waals surface area (Å²) < 4.78 is 7.35. The molecule has 3 aromatic carbocycles. The van der Waals surface area contributed by atoms with Crippen LogP contribution >= 0.6 is 11.6 Å². The number of benzene rings is 3. The highest BCUT2D eigenvalue weighted by Gasteiger charge is 2.20. The van der Waals surface area contributed by atoms with E-state index in [0.29, 0.717) is 45.2 Å². The number of halogens is 1. The van der Waals surface area contributed by atoms with Crippen molar-refractivity contribution in [3.05, 3.63) is 123 Å². The summed E-state index contributed by atoms with van der Waals surface area (Å²) in [5.74, 6) is -0.385. The number of aromatic nitrogens is 6. The molecule has 2 aromatic heterocycles. The molecule has 13 heteroatoms. The summed E-state index contributed by atoms with van der Waals surface area (Å²) in [7, 11) is 2.83. The third-order valence-electron chi connectivity index (χ3n) is 6.67. The predicted molar refractivity (Wildman–Crippen MR) is 165 cm³/mol. The topological polar surface area (TPSA) is 146 Å². The molecule has 0 bridgehead atoms. The molecule has 2 heterocycles. The SMILES string of the molecule is COC(=O)Nc1ccc(-c2cc(C(Cc3ccccc3)NC(=O)C=Cc3cc(Cl)ccc3-n3cnnn3)nn(C)c2=O)cc1. The predicted octanol–water partition coefficient (Wildman–Crippen LogP) is 4.37. The molecule has 0 saturated heterocycles. The molecule has 0 radical (unpaired) electrons. The Labute approximate surface area is 256 Å². The Morgan fingerprint density at radius 3 is 2.52 bits per heavy atom. The monoisotopic (exact) mass is 610 g/mol. The van der Waals surface area contributed by atoms with E-state index in [1.165, 1.54) is 28.9 Å². The van der Waals surface area contributed by atoms with Gasteiger partial charge in [-0.25, -0.2) is 9.48 Å². The number of hydrogen-bond acceptors (Lipinski definition) is 8. The molecule has 222 valence electrons. The van der Waals surface area contributed by atoms with E-state index in [4.69, 9.17) is 11.6 Å². The lowest BCUT2D eigenvalue weighted by atomic mass is 10.00. The molecule has 0 aliphatic rings. The van der Waals surface area contributed by atoms with Gasteiger partial charge in [-0.1, -0.05) is 54.1 Å². The lowest BCUT2D eigenvalue weighted by Crippen LogP contribution is -2.32. The molecule has 0 spiro atoms. The van der Waals surface area contributed by atoms with Gasteiger partial charge in [0.1, 0.15) is 6.33 Å². The smallest absolute Gasteiger partial charge is 0.411 e. The summed E-state index contributed by atoms with van der Waals surface area (Å²) >= 11 is 6.22. The number of ether oxygens (including phenoxy) is 1. The highest BCUT2D eigenvalue weighted by Crippen LogP contribution is 2.24.